The Morgan fingerprint density at radius 1 is 0.727 bits per heavy atom. The number of rotatable bonds is 9. The van der Waals surface area contributed by atoms with Crippen LogP contribution in [0.4, 0.5) is 0 Å². The van der Waals surface area contributed by atoms with E-state index in [0.29, 0.717) is 6.61 Å². The SMILES string of the molecule is CC=CCC1CCC(c2ccc(-c3ccc(-c4ccc(COCCC)cc4)cc3)cc2)CC1. The quantitative estimate of drug-likeness (QED) is 0.239. The number of hydrogen-bond acceptors (Lipinski definition) is 1. The Morgan fingerprint density at radius 3 is 1.76 bits per heavy atom. The van der Waals surface area contributed by atoms with Gasteiger partial charge in [-0.15, -0.1) is 0 Å². The van der Waals surface area contributed by atoms with Gasteiger partial charge in [-0.3, -0.25) is 0 Å². The van der Waals surface area contributed by atoms with Crippen molar-refractivity contribution in [2.45, 2.75) is 64.9 Å². The Hall–Kier alpha value is -2.64. The van der Waals surface area contributed by atoms with Crippen LogP contribution in [0.2, 0.25) is 0 Å². The fourth-order valence-electron chi connectivity index (χ4n) is 4.99. The van der Waals surface area contributed by atoms with E-state index in [1.165, 1.54) is 65.5 Å². The van der Waals surface area contributed by atoms with Gasteiger partial charge in [0.15, 0.2) is 0 Å². The van der Waals surface area contributed by atoms with E-state index in [-0.39, 0.29) is 0 Å². The Balaban J connectivity index is 1.35. The van der Waals surface area contributed by atoms with E-state index < -0.39 is 0 Å². The summed E-state index contributed by atoms with van der Waals surface area (Å²) in [5, 5.41) is 0. The average Bonchev–Trinajstić information content (AvgIpc) is 2.89. The van der Waals surface area contributed by atoms with Gasteiger partial charge in [-0.2, -0.15) is 0 Å². The first-order valence-electron chi connectivity index (χ1n) is 12.8. The summed E-state index contributed by atoms with van der Waals surface area (Å²) >= 11 is 0. The fourth-order valence-corrected chi connectivity index (χ4v) is 4.99. The molecule has 1 nitrogen and oxygen atoms in total. The maximum atomic E-state index is 5.64. The van der Waals surface area contributed by atoms with E-state index in [9.17, 15) is 0 Å². The molecule has 1 aliphatic rings. The number of ether oxygens (including phenoxy) is 1. The van der Waals surface area contributed by atoms with E-state index in [4.69, 9.17) is 4.74 Å². The van der Waals surface area contributed by atoms with Crippen molar-refractivity contribution in [2.24, 2.45) is 5.92 Å². The molecule has 0 heterocycles. The van der Waals surface area contributed by atoms with Crippen LogP contribution in [0, 0.1) is 5.92 Å². The van der Waals surface area contributed by atoms with E-state index in [1.54, 1.807) is 0 Å². The molecule has 172 valence electrons. The molecule has 3 aromatic carbocycles. The summed E-state index contributed by atoms with van der Waals surface area (Å²) in [5.41, 5.74) is 7.84. The molecule has 0 atom stereocenters. The van der Waals surface area contributed by atoms with Gasteiger partial charge in [-0.05, 0) is 90.7 Å². The second-order valence-corrected chi connectivity index (χ2v) is 9.47. The first-order valence-corrected chi connectivity index (χ1v) is 12.8. The minimum atomic E-state index is 0.695. The standard InChI is InChI=1S/C32H38O/c1-3-5-6-25-7-11-27(12-8-25)29-15-19-31(20-16-29)32-21-17-30(18-22-32)28-13-9-26(10-14-28)24-33-23-4-2/h3,5,9-10,13-22,25,27H,4,6-8,11-12,23-24H2,1-2H3. The van der Waals surface area contributed by atoms with Crippen LogP contribution in [0.1, 0.15) is 69.4 Å². The Labute approximate surface area is 200 Å². The maximum absolute atomic E-state index is 5.64. The lowest BCUT2D eigenvalue weighted by Gasteiger charge is -2.28. The van der Waals surface area contributed by atoms with Crippen molar-refractivity contribution in [2.75, 3.05) is 6.61 Å². The van der Waals surface area contributed by atoms with Crippen LogP contribution in [0.15, 0.2) is 84.9 Å². The summed E-state index contributed by atoms with van der Waals surface area (Å²) in [6, 6.07) is 27.0. The lowest BCUT2D eigenvalue weighted by Crippen LogP contribution is -2.12. The molecule has 0 bridgehead atoms. The zero-order valence-electron chi connectivity index (χ0n) is 20.3. The minimum absolute atomic E-state index is 0.695. The molecular weight excluding hydrogens is 400 g/mol. The van der Waals surface area contributed by atoms with E-state index in [2.05, 4.69) is 98.8 Å². The van der Waals surface area contributed by atoms with Crippen LogP contribution in [0.25, 0.3) is 22.3 Å². The predicted octanol–water partition coefficient (Wildman–Crippen LogP) is 9.19. The smallest absolute Gasteiger partial charge is 0.0716 e. The number of benzene rings is 3. The molecule has 0 amide bonds. The first kappa shape index (κ1) is 23.5. The molecule has 0 radical (unpaired) electrons. The highest BCUT2D eigenvalue weighted by Gasteiger charge is 2.21. The highest BCUT2D eigenvalue weighted by atomic mass is 16.5. The third kappa shape index (κ3) is 6.45. The highest BCUT2D eigenvalue weighted by Crippen LogP contribution is 2.38. The highest BCUT2D eigenvalue weighted by molar-refractivity contribution is 5.70. The van der Waals surface area contributed by atoms with Gasteiger partial charge in [0.25, 0.3) is 0 Å². The molecule has 4 rings (SSSR count). The van der Waals surface area contributed by atoms with Gasteiger partial charge in [-0.1, -0.05) is 91.9 Å². The molecule has 33 heavy (non-hydrogen) atoms. The molecule has 0 saturated heterocycles. The molecule has 1 heteroatoms. The van der Waals surface area contributed by atoms with Crippen molar-refractivity contribution < 1.29 is 4.74 Å². The van der Waals surface area contributed by atoms with Crippen LogP contribution in [0.5, 0.6) is 0 Å². The second kappa shape index (κ2) is 12.0. The topological polar surface area (TPSA) is 9.23 Å². The summed E-state index contributed by atoms with van der Waals surface area (Å²) < 4.78 is 5.64. The molecule has 0 aromatic heterocycles. The van der Waals surface area contributed by atoms with E-state index in [1.807, 2.05) is 0 Å². The van der Waals surface area contributed by atoms with Crippen LogP contribution >= 0.6 is 0 Å². The Kier molecular flexibility index (Phi) is 8.55. The molecule has 1 fully saturated rings. The molecule has 3 aromatic rings. The van der Waals surface area contributed by atoms with Gasteiger partial charge in [-0.25, -0.2) is 0 Å². The lowest BCUT2D eigenvalue weighted by atomic mass is 9.77. The zero-order chi connectivity index (χ0) is 22.9. The van der Waals surface area contributed by atoms with Gasteiger partial charge in [0.2, 0.25) is 0 Å². The fraction of sp³-hybridized carbons (Fsp3) is 0.375. The van der Waals surface area contributed by atoms with Crippen molar-refractivity contribution in [3.8, 4) is 22.3 Å². The van der Waals surface area contributed by atoms with Gasteiger partial charge in [0.05, 0.1) is 6.61 Å². The van der Waals surface area contributed by atoms with Gasteiger partial charge in [0, 0.05) is 6.61 Å². The van der Waals surface area contributed by atoms with Crippen molar-refractivity contribution in [1.82, 2.24) is 0 Å². The van der Waals surface area contributed by atoms with Crippen molar-refractivity contribution in [3.05, 3.63) is 96.1 Å². The maximum Gasteiger partial charge on any atom is 0.0716 e. The molecule has 1 aliphatic carbocycles. The zero-order valence-corrected chi connectivity index (χ0v) is 20.3. The summed E-state index contributed by atoms with van der Waals surface area (Å²) in [6.07, 6.45) is 12.2. The summed E-state index contributed by atoms with van der Waals surface area (Å²) in [4.78, 5) is 0. The molecule has 1 saturated carbocycles. The molecule has 0 spiro atoms. The Morgan fingerprint density at radius 2 is 1.24 bits per heavy atom. The van der Waals surface area contributed by atoms with Crippen molar-refractivity contribution in [3.63, 3.8) is 0 Å². The van der Waals surface area contributed by atoms with Crippen LogP contribution in [-0.2, 0) is 11.3 Å². The van der Waals surface area contributed by atoms with Crippen LogP contribution in [0.3, 0.4) is 0 Å². The average molecular weight is 439 g/mol. The lowest BCUT2D eigenvalue weighted by molar-refractivity contribution is 0.121. The van der Waals surface area contributed by atoms with Crippen LogP contribution in [-0.4, -0.2) is 6.61 Å². The van der Waals surface area contributed by atoms with Gasteiger partial charge in [0.1, 0.15) is 0 Å². The van der Waals surface area contributed by atoms with Crippen LogP contribution < -0.4 is 0 Å². The number of hydrogen-bond donors (Lipinski definition) is 0. The predicted molar refractivity (Wildman–Crippen MR) is 141 cm³/mol. The largest absolute Gasteiger partial charge is 0.377 e. The molecular formula is C32H38O. The number of allylic oxidation sites excluding steroid dienone is 2. The minimum Gasteiger partial charge on any atom is -0.377 e. The second-order valence-electron chi connectivity index (χ2n) is 9.47. The third-order valence-corrected chi connectivity index (χ3v) is 7.06. The van der Waals surface area contributed by atoms with E-state index in [0.717, 1.165) is 24.9 Å². The summed E-state index contributed by atoms with van der Waals surface area (Å²) in [7, 11) is 0. The van der Waals surface area contributed by atoms with E-state index >= 15 is 0 Å². The summed E-state index contributed by atoms with van der Waals surface area (Å²) in [5.74, 6) is 1.62. The molecule has 0 aliphatic heterocycles. The van der Waals surface area contributed by atoms with Crippen molar-refractivity contribution >= 4 is 0 Å². The molecule has 0 N–H and O–H groups in total. The first-order chi connectivity index (χ1) is 16.3. The van der Waals surface area contributed by atoms with Crippen molar-refractivity contribution in [1.29, 1.82) is 0 Å². The molecule has 0 unspecified atom stereocenters. The van der Waals surface area contributed by atoms with Gasteiger partial charge < -0.3 is 4.74 Å². The normalized spacial score (nSPS) is 18.6. The Bertz CT molecular complexity index is 988. The monoisotopic (exact) mass is 438 g/mol. The summed E-state index contributed by atoms with van der Waals surface area (Å²) in [6.45, 7) is 5.78. The van der Waals surface area contributed by atoms with Gasteiger partial charge >= 0.3 is 0 Å². The third-order valence-electron chi connectivity index (χ3n) is 7.06.